The zero-order chi connectivity index (χ0) is 10.6. The molecule has 0 aromatic rings. The first-order chi connectivity index (χ1) is 6.49. The van der Waals surface area contributed by atoms with Crippen LogP contribution < -0.4 is 10.6 Å². The van der Waals surface area contributed by atoms with E-state index in [-0.39, 0.29) is 24.0 Å². The molecule has 4 nitrogen and oxygen atoms in total. The molecule has 0 unspecified atom stereocenters. The summed E-state index contributed by atoms with van der Waals surface area (Å²) in [7, 11) is 0. The molecule has 0 radical (unpaired) electrons. The zero-order valence-electron chi connectivity index (χ0n) is 9.80. The van der Waals surface area contributed by atoms with Crippen LogP contribution in [0.15, 0.2) is 0 Å². The molecular formula is C10H22ClN3O. The summed E-state index contributed by atoms with van der Waals surface area (Å²) in [5.74, 6) is 0. The molecule has 15 heavy (non-hydrogen) atoms. The van der Waals surface area contributed by atoms with Crippen LogP contribution in [0.4, 0.5) is 4.79 Å². The van der Waals surface area contributed by atoms with Gasteiger partial charge in [-0.15, -0.1) is 12.4 Å². The van der Waals surface area contributed by atoms with Crippen LogP contribution in [0, 0.1) is 0 Å². The highest BCUT2D eigenvalue weighted by Crippen LogP contribution is 2.02. The van der Waals surface area contributed by atoms with Gasteiger partial charge in [-0.3, -0.25) is 0 Å². The molecule has 0 bridgehead atoms. The zero-order valence-corrected chi connectivity index (χ0v) is 10.6. The number of carbonyl (C=O) groups is 1. The minimum absolute atomic E-state index is 0. The number of nitrogens with one attached hydrogen (secondary N) is 2. The lowest BCUT2D eigenvalue weighted by atomic mass is 10.1. The Balaban J connectivity index is 0.00000196. The topological polar surface area (TPSA) is 44.4 Å². The lowest BCUT2D eigenvalue weighted by molar-refractivity contribution is 0.192. The molecule has 2 amide bonds. The Morgan fingerprint density at radius 1 is 1.27 bits per heavy atom. The van der Waals surface area contributed by atoms with Gasteiger partial charge in [-0.05, 0) is 33.7 Å². The van der Waals surface area contributed by atoms with Crippen molar-refractivity contribution in [3.8, 4) is 0 Å². The number of amides is 2. The molecule has 1 fully saturated rings. The average molecular weight is 236 g/mol. The first kappa shape index (κ1) is 14.5. The van der Waals surface area contributed by atoms with Gasteiger partial charge in [0.1, 0.15) is 0 Å². The van der Waals surface area contributed by atoms with Gasteiger partial charge in [0, 0.05) is 25.2 Å². The first-order valence-corrected chi connectivity index (χ1v) is 5.27. The van der Waals surface area contributed by atoms with Gasteiger partial charge in [-0.25, -0.2) is 4.79 Å². The fraction of sp³-hybridized carbons (Fsp3) is 0.900. The number of nitrogens with zero attached hydrogens (tertiary/aromatic N) is 1. The molecule has 0 saturated carbocycles. The summed E-state index contributed by atoms with van der Waals surface area (Å²) in [4.78, 5) is 13.6. The van der Waals surface area contributed by atoms with Crippen molar-refractivity contribution >= 4 is 18.4 Å². The van der Waals surface area contributed by atoms with E-state index < -0.39 is 0 Å². The monoisotopic (exact) mass is 235 g/mol. The van der Waals surface area contributed by atoms with Gasteiger partial charge in [-0.1, -0.05) is 0 Å². The van der Waals surface area contributed by atoms with Crippen molar-refractivity contribution in [3.63, 3.8) is 0 Å². The maximum absolute atomic E-state index is 11.8. The van der Waals surface area contributed by atoms with E-state index in [1.165, 1.54) is 0 Å². The van der Waals surface area contributed by atoms with E-state index in [4.69, 9.17) is 0 Å². The van der Waals surface area contributed by atoms with E-state index in [2.05, 4.69) is 10.6 Å². The molecule has 1 aliphatic heterocycles. The fourth-order valence-corrected chi connectivity index (χ4v) is 1.45. The van der Waals surface area contributed by atoms with Gasteiger partial charge in [0.2, 0.25) is 0 Å². The second kappa shape index (κ2) is 6.18. The van der Waals surface area contributed by atoms with Crippen LogP contribution >= 0.6 is 12.4 Å². The second-order valence-electron chi connectivity index (χ2n) is 4.77. The standard InChI is InChI=1S/C10H21N3O.ClH/c1-10(2,3)12-9(14)13-7-4-5-11-6-8-13;/h11H,4-8H2,1-3H3,(H,12,14);1H. The van der Waals surface area contributed by atoms with Gasteiger partial charge < -0.3 is 15.5 Å². The molecule has 2 N–H and O–H groups in total. The molecular weight excluding hydrogens is 214 g/mol. The Morgan fingerprint density at radius 3 is 2.53 bits per heavy atom. The Bertz CT molecular complexity index is 195. The molecule has 5 heteroatoms. The normalized spacial score (nSPS) is 17.7. The number of hydrogen-bond acceptors (Lipinski definition) is 2. The number of carbonyl (C=O) groups excluding carboxylic acids is 1. The van der Waals surface area contributed by atoms with Crippen molar-refractivity contribution in [1.29, 1.82) is 0 Å². The molecule has 0 aromatic carbocycles. The van der Waals surface area contributed by atoms with Crippen molar-refractivity contribution in [1.82, 2.24) is 15.5 Å². The maximum atomic E-state index is 11.8. The van der Waals surface area contributed by atoms with E-state index in [0.717, 1.165) is 32.6 Å². The summed E-state index contributed by atoms with van der Waals surface area (Å²) in [6.45, 7) is 9.58. The smallest absolute Gasteiger partial charge is 0.317 e. The van der Waals surface area contributed by atoms with Gasteiger partial charge in [0.15, 0.2) is 0 Å². The fourth-order valence-electron chi connectivity index (χ4n) is 1.45. The Morgan fingerprint density at radius 2 is 1.93 bits per heavy atom. The van der Waals surface area contributed by atoms with E-state index in [9.17, 15) is 4.79 Å². The number of rotatable bonds is 0. The molecule has 1 heterocycles. The third-order valence-corrected chi connectivity index (χ3v) is 2.11. The highest BCUT2D eigenvalue weighted by atomic mass is 35.5. The van der Waals surface area contributed by atoms with Crippen LogP contribution in [-0.2, 0) is 0 Å². The lowest BCUT2D eigenvalue weighted by Crippen LogP contribution is -2.49. The Kier molecular flexibility index (Phi) is 5.98. The van der Waals surface area contributed by atoms with Gasteiger partial charge >= 0.3 is 6.03 Å². The first-order valence-electron chi connectivity index (χ1n) is 5.27. The minimum atomic E-state index is -0.142. The number of hydrogen-bond donors (Lipinski definition) is 2. The van der Waals surface area contributed by atoms with E-state index in [1.807, 2.05) is 25.7 Å². The molecule has 1 saturated heterocycles. The summed E-state index contributed by atoms with van der Waals surface area (Å²) in [6, 6.07) is 0.0567. The van der Waals surface area contributed by atoms with E-state index in [1.54, 1.807) is 0 Å². The Hall–Kier alpha value is -0.480. The van der Waals surface area contributed by atoms with Gasteiger partial charge in [0.25, 0.3) is 0 Å². The van der Waals surface area contributed by atoms with Crippen molar-refractivity contribution in [2.75, 3.05) is 26.2 Å². The van der Waals surface area contributed by atoms with Crippen LogP contribution in [-0.4, -0.2) is 42.6 Å². The van der Waals surface area contributed by atoms with E-state index >= 15 is 0 Å². The average Bonchev–Trinajstić information content (AvgIpc) is 2.27. The third-order valence-electron chi connectivity index (χ3n) is 2.11. The minimum Gasteiger partial charge on any atom is -0.333 e. The highest BCUT2D eigenvalue weighted by Gasteiger charge is 2.19. The van der Waals surface area contributed by atoms with Crippen molar-refractivity contribution in [2.24, 2.45) is 0 Å². The summed E-state index contributed by atoms with van der Waals surface area (Å²) in [5, 5.41) is 6.25. The second-order valence-corrected chi connectivity index (χ2v) is 4.77. The summed E-state index contributed by atoms with van der Waals surface area (Å²) < 4.78 is 0. The predicted molar refractivity (Wildman–Crippen MR) is 64.6 cm³/mol. The molecule has 0 atom stereocenters. The SMILES string of the molecule is CC(C)(C)NC(=O)N1CCCNCC1.Cl. The van der Waals surface area contributed by atoms with Crippen LogP contribution in [0.3, 0.4) is 0 Å². The summed E-state index contributed by atoms with van der Waals surface area (Å²) in [5.41, 5.74) is -0.142. The predicted octanol–water partition coefficient (Wildman–Crippen LogP) is 1.21. The van der Waals surface area contributed by atoms with Crippen LogP contribution in [0.25, 0.3) is 0 Å². The molecule has 90 valence electrons. The molecule has 0 aliphatic carbocycles. The van der Waals surface area contributed by atoms with Crippen LogP contribution in [0.5, 0.6) is 0 Å². The number of urea groups is 1. The largest absolute Gasteiger partial charge is 0.333 e. The quantitative estimate of drug-likeness (QED) is 0.663. The van der Waals surface area contributed by atoms with Crippen LogP contribution in [0.1, 0.15) is 27.2 Å². The molecule has 1 rings (SSSR count). The Labute approximate surface area is 98.2 Å². The van der Waals surface area contributed by atoms with Gasteiger partial charge in [0.05, 0.1) is 0 Å². The van der Waals surface area contributed by atoms with Crippen molar-refractivity contribution in [2.45, 2.75) is 32.7 Å². The van der Waals surface area contributed by atoms with Crippen molar-refractivity contribution in [3.05, 3.63) is 0 Å². The summed E-state index contributed by atoms with van der Waals surface area (Å²) >= 11 is 0. The number of halogens is 1. The van der Waals surface area contributed by atoms with Crippen LogP contribution in [0.2, 0.25) is 0 Å². The molecule has 1 aliphatic rings. The van der Waals surface area contributed by atoms with Gasteiger partial charge in [-0.2, -0.15) is 0 Å². The molecule has 0 aromatic heterocycles. The van der Waals surface area contributed by atoms with E-state index in [0.29, 0.717) is 0 Å². The molecule has 0 spiro atoms. The third kappa shape index (κ3) is 5.85. The summed E-state index contributed by atoms with van der Waals surface area (Å²) in [6.07, 6.45) is 1.04. The van der Waals surface area contributed by atoms with Crippen molar-refractivity contribution < 1.29 is 4.79 Å². The lowest BCUT2D eigenvalue weighted by Gasteiger charge is -2.27. The highest BCUT2D eigenvalue weighted by molar-refractivity contribution is 5.85. The maximum Gasteiger partial charge on any atom is 0.317 e.